The Morgan fingerprint density at radius 3 is 2.68 bits per heavy atom. The number of pyridine rings is 1. The number of rotatable bonds is 4. The number of carboxylic acids is 1. The van der Waals surface area contributed by atoms with Crippen molar-refractivity contribution in [3.8, 4) is 0 Å². The van der Waals surface area contributed by atoms with E-state index in [9.17, 15) is 4.79 Å². The van der Waals surface area contributed by atoms with Crippen LogP contribution in [-0.4, -0.2) is 29.1 Å². The molecule has 0 bridgehead atoms. The van der Waals surface area contributed by atoms with Crippen LogP contribution in [0.4, 0.5) is 11.5 Å². The fourth-order valence-corrected chi connectivity index (χ4v) is 2.77. The van der Waals surface area contributed by atoms with Gasteiger partial charge in [0, 0.05) is 13.1 Å². The van der Waals surface area contributed by atoms with Gasteiger partial charge in [-0.3, -0.25) is 0 Å². The van der Waals surface area contributed by atoms with E-state index in [2.05, 4.69) is 23.7 Å². The van der Waals surface area contributed by atoms with Gasteiger partial charge in [0.25, 0.3) is 0 Å². The maximum Gasteiger partial charge on any atom is 0.354 e. The molecule has 1 aromatic heterocycles. The zero-order valence-electron chi connectivity index (χ0n) is 11.5. The third-order valence-corrected chi connectivity index (χ3v) is 4.36. The van der Waals surface area contributed by atoms with E-state index in [4.69, 9.17) is 10.8 Å². The monoisotopic (exact) mass is 263 g/mol. The molecule has 2 heterocycles. The number of nitrogens with zero attached hydrogens (tertiary/aromatic N) is 2. The minimum absolute atomic E-state index is 0.0506. The highest BCUT2D eigenvalue weighted by molar-refractivity contribution is 5.87. The Bertz CT molecular complexity index is 484. The molecule has 0 atom stereocenters. The Kier molecular flexibility index (Phi) is 3.64. The first-order valence-electron chi connectivity index (χ1n) is 6.76. The lowest BCUT2D eigenvalue weighted by atomic mass is 9.82. The van der Waals surface area contributed by atoms with Gasteiger partial charge < -0.3 is 15.7 Å². The second-order valence-corrected chi connectivity index (χ2v) is 5.29. The summed E-state index contributed by atoms with van der Waals surface area (Å²) in [7, 11) is 0. The average molecular weight is 263 g/mol. The second-order valence-electron chi connectivity index (χ2n) is 5.29. The zero-order chi connectivity index (χ0) is 14.0. The fraction of sp³-hybridized carbons (Fsp3) is 0.571. The summed E-state index contributed by atoms with van der Waals surface area (Å²) >= 11 is 0. The number of nitrogens with two attached hydrogens (primary N) is 1. The van der Waals surface area contributed by atoms with Gasteiger partial charge in [-0.1, -0.05) is 13.8 Å². The molecular formula is C14H21N3O2. The first-order chi connectivity index (χ1) is 9.01. The molecule has 1 aromatic rings. The second kappa shape index (κ2) is 5.07. The molecule has 19 heavy (non-hydrogen) atoms. The van der Waals surface area contributed by atoms with Gasteiger partial charge in [-0.05, 0) is 36.8 Å². The molecule has 0 aromatic carbocycles. The Morgan fingerprint density at radius 1 is 1.47 bits per heavy atom. The van der Waals surface area contributed by atoms with Crippen molar-refractivity contribution in [1.82, 2.24) is 4.98 Å². The van der Waals surface area contributed by atoms with Crippen molar-refractivity contribution in [3.05, 3.63) is 17.8 Å². The summed E-state index contributed by atoms with van der Waals surface area (Å²) in [6.07, 6.45) is 3.36. The molecule has 1 saturated heterocycles. The Morgan fingerprint density at radius 2 is 2.16 bits per heavy atom. The molecule has 1 fully saturated rings. The lowest BCUT2D eigenvalue weighted by Crippen LogP contribution is -2.27. The van der Waals surface area contributed by atoms with E-state index in [1.807, 2.05) is 0 Å². The molecule has 3 N–H and O–H groups in total. The topological polar surface area (TPSA) is 79.5 Å². The largest absolute Gasteiger partial charge is 0.477 e. The molecule has 0 aliphatic carbocycles. The van der Waals surface area contributed by atoms with Crippen molar-refractivity contribution in [2.75, 3.05) is 23.7 Å². The van der Waals surface area contributed by atoms with E-state index in [1.165, 1.54) is 6.07 Å². The molecule has 0 radical (unpaired) electrons. The van der Waals surface area contributed by atoms with Gasteiger partial charge in [0.2, 0.25) is 0 Å². The van der Waals surface area contributed by atoms with E-state index < -0.39 is 5.97 Å². The maximum absolute atomic E-state index is 11.0. The summed E-state index contributed by atoms with van der Waals surface area (Å²) in [6.45, 7) is 6.21. The number of hydrogen-bond donors (Lipinski definition) is 2. The first kappa shape index (κ1) is 13.6. The number of hydrogen-bond acceptors (Lipinski definition) is 4. The highest BCUT2D eigenvalue weighted by Gasteiger charge is 2.36. The molecular weight excluding hydrogens is 242 g/mol. The first-order valence-corrected chi connectivity index (χ1v) is 6.76. The third kappa shape index (κ3) is 2.50. The maximum atomic E-state index is 11.0. The summed E-state index contributed by atoms with van der Waals surface area (Å²) in [5.41, 5.74) is 6.86. The van der Waals surface area contributed by atoms with Crippen LogP contribution >= 0.6 is 0 Å². The van der Waals surface area contributed by atoms with Gasteiger partial charge in [0.05, 0.1) is 5.69 Å². The number of nitrogen functional groups attached to an aromatic ring is 1. The van der Waals surface area contributed by atoms with Crippen LogP contribution in [0.3, 0.4) is 0 Å². The summed E-state index contributed by atoms with van der Waals surface area (Å²) < 4.78 is 0. The van der Waals surface area contributed by atoms with Crippen LogP contribution in [-0.2, 0) is 0 Å². The number of carboxylic acid groups (broad SMARTS) is 1. The number of aromatic carboxylic acids is 1. The van der Waals surface area contributed by atoms with Crippen molar-refractivity contribution in [1.29, 1.82) is 0 Å². The van der Waals surface area contributed by atoms with Crippen LogP contribution in [0.5, 0.6) is 0 Å². The van der Waals surface area contributed by atoms with Gasteiger partial charge in [-0.25, -0.2) is 9.78 Å². The van der Waals surface area contributed by atoms with E-state index >= 15 is 0 Å². The average Bonchev–Trinajstić information content (AvgIpc) is 2.84. The Balaban J connectivity index is 2.28. The molecule has 2 rings (SSSR count). The molecule has 104 valence electrons. The van der Waals surface area contributed by atoms with E-state index in [0.29, 0.717) is 16.9 Å². The molecule has 0 spiro atoms. The SMILES string of the molecule is CCC1(CC)CCN(c2nc(C(=O)O)ccc2N)C1. The van der Waals surface area contributed by atoms with E-state index in [1.54, 1.807) is 6.07 Å². The highest BCUT2D eigenvalue weighted by atomic mass is 16.4. The van der Waals surface area contributed by atoms with Gasteiger partial charge in [0.1, 0.15) is 0 Å². The summed E-state index contributed by atoms with van der Waals surface area (Å²) in [5.74, 6) is -0.402. The normalized spacial score (nSPS) is 17.7. The highest BCUT2D eigenvalue weighted by Crippen LogP contribution is 2.39. The van der Waals surface area contributed by atoms with Crippen molar-refractivity contribution < 1.29 is 9.90 Å². The van der Waals surface area contributed by atoms with Gasteiger partial charge >= 0.3 is 5.97 Å². The summed E-state index contributed by atoms with van der Waals surface area (Å²) in [5, 5.41) is 9.02. The van der Waals surface area contributed by atoms with E-state index in [-0.39, 0.29) is 5.69 Å². The van der Waals surface area contributed by atoms with E-state index in [0.717, 1.165) is 32.4 Å². The van der Waals surface area contributed by atoms with Crippen LogP contribution < -0.4 is 10.6 Å². The van der Waals surface area contributed by atoms with Crippen LogP contribution in [0.25, 0.3) is 0 Å². The molecule has 0 unspecified atom stereocenters. The molecule has 1 aliphatic rings. The van der Waals surface area contributed by atoms with Gasteiger partial charge in [-0.15, -0.1) is 0 Å². The van der Waals surface area contributed by atoms with Gasteiger partial charge in [0.15, 0.2) is 11.5 Å². The Hall–Kier alpha value is -1.78. The smallest absolute Gasteiger partial charge is 0.354 e. The van der Waals surface area contributed by atoms with Crippen LogP contribution in [0.2, 0.25) is 0 Å². The predicted octanol–water partition coefficient (Wildman–Crippen LogP) is 2.38. The van der Waals surface area contributed by atoms with Crippen molar-refractivity contribution in [3.63, 3.8) is 0 Å². The molecule has 5 nitrogen and oxygen atoms in total. The van der Waals surface area contributed by atoms with Crippen LogP contribution in [0.15, 0.2) is 12.1 Å². The minimum atomic E-state index is -1.02. The van der Waals surface area contributed by atoms with Crippen LogP contribution in [0.1, 0.15) is 43.6 Å². The molecule has 0 saturated carbocycles. The lowest BCUT2D eigenvalue weighted by Gasteiger charge is -2.27. The predicted molar refractivity (Wildman–Crippen MR) is 75.5 cm³/mol. The summed E-state index contributed by atoms with van der Waals surface area (Å²) in [4.78, 5) is 17.3. The molecule has 0 amide bonds. The lowest BCUT2D eigenvalue weighted by molar-refractivity contribution is 0.0690. The standard InChI is InChI=1S/C14H21N3O2/c1-3-14(4-2)7-8-17(9-14)12-10(15)5-6-11(16-12)13(18)19/h5-6H,3-4,7-9,15H2,1-2H3,(H,18,19). The van der Waals surface area contributed by atoms with Gasteiger partial charge in [-0.2, -0.15) is 0 Å². The molecule has 5 heteroatoms. The number of aromatic nitrogens is 1. The van der Waals surface area contributed by atoms with Crippen LogP contribution in [0, 0.1) is 5.41 Å². The molecule has 1 aliphatic heterocycles. The summed E-state index contributed by atoms with van der Waals surface area (Å²) in [6, 6.07) is 3.08. The number of carbonyl (C=O) groups is 1. The fourth-order valence-electron chi connectivity index (χ4n) is 2.77. The zero-order valence-corrected chi connectivity index (χ0v) is 11.5. The number of anilines is 2. The third-order valence-electron chi connectivity index (χ3n) is 4.36. The Labute approximate surface area is 113 Å². The quantitative estimate of drug-likeness (QED) is 0.871. The van der Waals surface area contributed by atoms with Crippen molar-refractivity contribution >= 4 is 17.5 Å². The van der Waals surface area contributed by atoms with Crippen molar-refractivity contribution in [2.45, 2.75) is 33.1 Å². The van der Waals surface area contributed by atoms with Crippen molar-refractivity contribution in [2.24, 2.45) is 5.41 Å². The minimum Gasteiger partial charge on any atom is -0.477 e.